The third-order valence-electron chi connectivity index (χ3n) is 3.09. The second-order valence-electron chi connectivity index (χ2n) is 4.92. The van der Waals surface area contributed by atoms with Gasteiger partial charge < -0.3 is 20.1 Å². The molecule has 0 radical (unpaired) electrons. The Bertz CT molecular complexity index is 559. The molecule has 0 bridgehead atoms. The summed E-state index contributed by atoms with van der Waals surface area (Å²) >= 11 is 0. The Morgan fingerprint density at radius 3 is 2.58 bits per heavy atom. The highest BCUT2D eigenvalue weighted by atomic mass is 16.5. The largest absolute Gasteiger partial charge is 0.467 e. The summed E-state index contributed by atoms with van der Waals surface area (Å²) in [5.74, 6) is -1.05. The topological polar surface area (TPSA) is 93.7 Å². The van der Waals surface area contributed by atoms with Crippen molar-refractivity contribution in [1.82, 2.24) is 10.6 Å². The highest BCUT2D eigenvalue weighted by Crippen LogP contribution is 2.01. The number of allylic oxidation sites excluding steroid dienone is 1. The van der Waals surface area contributed by atoms with Crippen LogP contribution in [0.3, 0.4) is 0 Å². The molecular weight excluding hydrogens is 312 g/mol. The van der Waals surface area contributed by atoms with Crippen LogP contribution in [0, 0.1) is 0 Å². The molecule has 0 saturated heterocycles. The molecule has 2 N–H and O–H groups in total. The van der Waals surface area contributed by atoms with Gasteiger partial charge in [-0.25, -0.2) is 9.59 Å². The van der Waals surface area contributed by atoms with E-state index in [1.807, 2.05) is 30.3 Å². The second-order valence-corrected chi connectivity index (χ2v) is 4.92. The zero-order valence-corrected chi connectivity index (χ0v) is 13.6. The Balaban J connectivity index is 2.33. The number of nitrogens with one attached hydrogen (secondary N) is 2. The molecule has 130 valence electrons. The zero-order chi connectivity index (χ0) is 17.8. The fourth-order valence-corrected chi connectivity index (χ4v) is 1.85. The molecule has 0 unspecified atom stereocenters. The van der Waals surface area contributed by atoms with E-state index in [1.54, 1.807) is 6.08 Å². The number of methoxy groups -OCH3 is 1. The number of ether oxygens (including phenoxy) is 2. The van der Waals surface area contributed by atoms with Crippen LogP contribution in [0.1, 0.15) is 18.4 Å². The molecule has 0 aliphatic carbocycles. The molecular formula is C17H22N2O5. The molecule has 0 saturated carbocycles. The van der Waals surface area contributed by atoms with Crippen LogP contribution in [0.2, 0.25) is 0 Å². The van der Waals surface area contributed by atoms with Gasteiger partial charge in [-0.1, -0.05) is 36.4 Å². The van der Waals surface area contributed by atoms with Crippen molar-refractivity contribution < 1.29 is 23.9 Å². The van der Waals surface area contributed by atoms with Crippen molar-refractivity contribution in [1.29, 1.82) is 0 Å². The minimum atomic E-state index is -0.775. The molecule has 0 fully saturated rings. The minimum absolute atomic E-state index is 0.110. The first-order chi connectivity index (χ1) is 11.6. The van der Waals surface area contributed by atoms with Crippen molar-refractivity contribution in [2.24, 2.45) is 0 Å². The van der Waals surface area contributed by atoms with Crippen molar-refractivity contribution in [3.8, 4) is 0 Å². The third-order valence-corrected chi connectivity index (χ3v) is 3.09. The van der Waals surface area contributed by atoms with Crippen LogP contribution in [0.15, 0.2) is 43.0 Å². The molecule has 7 nitrogen and oxygen atoms in total. The molecule has 0 aliphatic heterocycles. The van der Waals surface area contributed by atoms with Crippen molar-refractivity contribution in [2.45, 2.75) is 25.5 Å². The van der Waals surface area contributed by atoms with E-state index in [9.17, 15) is 14.4 Å². The van der Waals surface area contributed by atoms with Gasteiger partial charge in [0, 0.05) is 0 Å². The lowest BCUT2D eigenvalue weighted by Gasteiger charge is -2.16. The lowest BCUT2D eigenvalue weighted by molar-refractivity contribution is -0.145. The fraction of sp³-hybridized carbons (Fsp3) is 0.353. The number of alkyl carbamates (subject to hydrolysis) is 1. The number of benzene rings is 1. The Kier molecular flexibility index (Phi) is 8.67. The Morgan fingerprint density at radius 1 is 1.25 bits per heavy atom. The van der Waals surface area contributed by atoms with Gasteiger partial charge >= 0.3 is 12.1 Å². The van der Waals surface area contributed by atoms with E-state index in [2.05, 4.69) is 21.9 Å². The summed E-state index contributed by atoms with van der Waals surface area (Å²) in [5.41, 5.74) is 0.840. The minimum Gasteiger partial charge on any atom is -0.467 e. The van der Waals surface area contributed by atoms with Crippen LogP contribution in [-0.4, -0.2) is 37.7 Å². The Labute approximate surface area is 141 Å². The highest BCUT2D eigenvalue weighted by Gasteiger charge is 2.20. The number of carbonyl (C=O) groups excluding carboxylic acids is 3. The summed E-state index contributed by atoms with van der Waals surface area (Å²) < 4.78 is 9.61. The van der Waals surface area contributed by atoms with E-state index in [0.717, 1.165) is 5.56 Å². The summed E-state index contributed by atoms with van der Waals surface area (Å²) in [6, 6.07) is 8.39. The summed E-state index contributed by atoms with van der Waals surface area (Å²) in [6.45, 7) is 3.38. The quantitative estimate of drug-likeness (QED) is 0.528. The van der Waals surface area contributed by atoms with Crippen molar-refractivity contribution in [3.05, 3.63) is 48.6 Å². The maximum Gasteiger partial charge on any atom is 0.407 e. The van der Waals surface area contributed by atoms with Crippen LogP contribution >= 0.6 is 0 Å². The predicted octanol–water partition coefficient (Wildman–Crippen LogP) is 1.54. The van der Waals surface area contributed by atoms with E-state index in [0.29, 0.717) is 12.8 Å². The van der Waals surface area contributed by atoms with Gasteiger partial charge in [-0.2, -0.15) is 0 Å². The van der Waals surface area contributed by atoms with Crippen molar-refractivity contribution in [2.75, 3.05) is 13.7 Å². The molecule has 1 aromatic rings. The monoisotopic (exact) mass is 334 g/mol. The van der Waals surface area contributed by atoms with E-state index < -0.39 is 24.0 Å². The molecule has 24 heavy (non-hydrogen) atoms. The normalized spacial score (nSPS) is 11.0. The standard InChI is InChI=1S/C17H22N2O5/c1-3-4-10-14(16(21)23-2)19-15(20)11-18-17(22)24-12-13-8-6-5-7-9-13/h3,5-9,14H,1,4,10-12H2,2H3,(H,18,22)(H,19,20)/t14-/m0/s1. The lowest BCUT2D eigenvalue weighted by atomic mass is 10.1. The fourth-order valence-electron chi connectivity index (χ4n) is 1.85. The molecule has 7 heteroatoms. The van der Waals surface area contributed by atoms with Gasteiger partial charge in [0.05, 0.1) is 7.11 Å². The number of hydrogen-bond donors (Lipinski definition) is 2. The van der Waals surface area contributed by atoms with Crippen LogP contribution in [0.5, 0.6) is 0 Å². The van der Waals surface area contributed by atoms with Gasteiger partial charge in [-0.3, -0.25) is 4.79 Å². The third kappa shape index (κ3) is 7.44. The van der Waals surface area contributed by atoms with Gasteiger partial charge in [0.25, 0.3) is 0 Å². The van der Waals surface area contributed by atoms with Gasteiger partial charge in [0.1, 0.15) is 19.2 Å². The molecule has 1 atom stereocenters. The number of esters is 1. The molecule has 1 rings (SSSR count). The smallest absolute Gasteiger partial charge is 0.407 e. The van der Waals surface area contributed by atoms with Crippen LogP contribution in [0.4, 0.5) is 4.79 Å². The number of amides is 2. The molecule has 2 amide bonds. The molecule has 1 aromatic carbocycles. The SMILES string of the molecule is C=CCC[C@H](NC(=O)CNC(=O)OCc1ccccc1)C(=O)OC. The number of carbonyl (C=O) groups is 3. The summed E-state index contributed by atoms with van der Waals surface area (Å²) in [6.07, 6.45) is 1.85. The van der Waals surface area contributed by atoms with Crippen molar-refractivity contribution >= 4 is 18.0 Å². The number of hydrogen-bond acceptors (Lipinski definition) is 5. The maximum atomic E-state index is 11.8. The zero-order valence-electron chi connectivity index (χ0n) is 13.6. The summed E-state index contributed by atoms with van der Waals surface area (Å²) in [7, 11) is 1.24. The summed E-state index contributed by atoms with van der Waals surface area (Å²) in [4.78, 5) is 34.9. The van der Waals surface area contributed by atoms with E-state index >= 15 is 0 Å². The second kappa shape index (κ2) is 10.8. The lowest BCUT2D eigenvalue weighted by Crippen LogP contribution is -2.46. The van der Waals surface area contributed by atoms with Crippen LogP contribution in [0.25, 0.3) is 0 Å². The molecule has 0 aromatic heterocycles. The van der Waals surface area contributed by atoms with Crippen LogP contribution < -0.4 is 10.6 Å². The average Bonchev–Trinajstić information content (AvgIpc) is 2.61. The van der Waals surface area contributed by atoms with E-state index in [4.69, 9.17) is 4.74 Å². The predicted molar refractivity (Wildman–Crippen MR) is 88.0 cm³/mol. The molecule has 0 heterocycles. The first-order valence-electron chi connectivity index (χ1n) is 7.49. The van der Waals surface area contributed by atoms with Gasteiger partial charge in [-0.05, 0) is 18.4 Å². The molecule has 0 aliphatic rings. The number of rotatable bonds is 9. The maximum absolute atomic E-state index is 11.8. The molecule has 0 spiro atoms. The van der Waals surface area contributed by atoms with E-state index in [1.165, 1.54) is 7.11 Å². The van der Waals surface area contributed by atoms with E-state index in [-0.39, 0.29) is 13.2 Å². The Hall–Kier alpha value is -2.83. The van der Waals surface area contributed by atoms with Gasteiger partial charge in [-0.15, -0.1) is 6.58 Å². The highest BCUT2D eigenvalue weighted by molar-refractivity contribution is 5.87. The van der Waals surface area contributed by atoms with Gasteiger partial charge in [0.2, 0.25) is 5.91 Å². The van der Waals surface area contributed by atoms with Gasteiger partial charge in [0.15, 0.2) is 0 Å². The first-order valence-corrected chi connectivity index (χ1v) is 7.49. The van der Waals surface area contributed by atoms with Crippen LogP contribution in [-0.2, 0) is 25.7 Å². The Morgan fingerprint density at radius 2 is 1.96 bits per heavy atom. The average molecular weight is 334 g/mol. The first kappa shape index (κ1) is 19.2. The summed E-state index contributed by atoms with van der Waals surface area (Å²) in [5, 5.41) is 4.83. The van der Waals surface area contributed by atoms with Crippen molar-refractivity contribution in [3.63, 3.8) is 0 Å².